The molecule has 2 aromatic heterocycles. The summed E-state index contributed by atoms with van der Waals surface area (Å²) >= 11 is 0. The first-order chi connectivity index (χ1) is 28.7. The first kappa shape index (κ1) is 45.9. The van der Waals surface area contributed by atoms with Crippen molar-refractivity contribution in [3.05, 3.63) is 78.1 Å². The number of carbonyl (C=O) groups excluding carboxylic acids is 2. The smallest absolute Gasteiger partial charge is 0.462 e. The zero-order valence-corrected chi connectivity index (χ0v) is 34.6. The van der Waals surface area contributed by atoms with Gasteiger partial charge in [-0.25, -0.2) is 23.1 Å². The van der Waals surface area contributed by atoms with Crippen LogP contribution in [0.25, 0.3) is 11.2 Å². The first-order valence-corrected chi connectivity index (χ1v) is 21.3. The third kappa shape index (κ3) is 12.7. The van der Waals surface area contributed by atoms with Gasteiger partial charge in [-0.05, 0) is 56.5 Å². The highest BCUT2D eigenvalue weighted by Crippen LogP contribution is 2.49. The van der Waals surface area contributed by atoms with E-state index >= 15 is 0 Å². The third-order valence-corrected chi connectivity index (χ3v) is 11.0. The van der Waals surface area contributed by atoms with Crippen LogP contribution in [0.2, 0.25) is 0 Å². The fourth-order valence-corrected chi connectivity index (χ4v) is 8.07. The van der Waals surface area contributed by atoms with Gasteiger partial charge in [-0.2, -0.15) is 19.4 Å². The van der Waals surface area contributed by atoms with E-state index in [1.807, 2.05) is 0 Å². The first-order valence-electron chi connectivity index (χ1n) is 19.8. The minimum absolute atomic E-state index is 0.0198. The van der Waals surface area contributed by atoms with E-state index in [4.69, 9.17) is 40.2 Å². The largest absolute Gasteiger partial charge is 0.508 e. The van der Waals surface area contributed by atoms with Crippen LogP contribution in [0.4, 0.5) is 23.8 Å². The van der Waals surface area contributed by atoms with E-state index in [0.29, 0.717) is 12.5 Å². The molecular weight excluding hydrogens is 808 g/mol. The van der Waals surface area contributed by atoms with Gasteiger partial charge in [0.05, 0.1) is 19.0 Å². The van der Waals surface area contributed by atoms with Crippen molar-refractivity contribution in [2.75, 3.05) is 18.9 Å². The van der Waals surface area contributed by atoms with Crippen molar-refractivity contribution >= 4 is 36.9 Å². The molecule has 3 N–H and O–H groups in total. The van der Waals surface area contributed by atoms with Crippen molar-refractivity contribution in [3.63, 3.8) is 0 Å². The number of hydrogen-bond donors (Lipinski definition) is 2. The van der Waals surface area contributed by atoms with Gasteiger partial charge in [-0.1, -0.05) is 76.0 Å². The number of rotatable bonds is 22. The molecule has 0 radical (unpaired) electrons. The van der Waals surface area contributed by atoms with Gasteiger partial charge >= 0.3 is 25.9 Å². The number of terminal acetylenes is 1. The highest BCUT2D eigenvalue weighted by atomic mass is 31.2. The Morgan fingerprint density at radius 3 is 2.40 bits per heavy atom. The molecule has 0 spiro atoms. The summed E-state index contributed by atoms with van der Waals surface area (Å²) in [4.78, 5) is 38.1. The fraction of sp³-hybridized carbons (Fsp3) is 0.488. The summed E-state index contributed by atoms with van der Waals surface area (Å²) in [6, 6.07) is 8.89. The van der Waals surface area contributed by atoms with Gasteiger partial charge in [0, 0.05) is 12.5 Å². The van der Waals surface area contributed by atoms with E-state index in [1.165, 1.54) is 35.9 Å². The average molecular weight is 859 g/mol. The maximum absolute atomic E-state index is 14.9. The monoisotopic (exact) mass is 858 g/mol. The molecule has 3 heterocycles. The van der Waals surface area contributed by atoms with E-state index in [0.717, 1.165) is 44.2 Å². The second-order valence-electron chi connectivity index (χ2n) is 14.5. The molecule has 0 unspecified atom stereocenters. The number of anilines is 1. The molecule has 19 heteroatoms. The van der Waals surface area contributed by atoms with Gasteiger partial charge in [0.15, 0.2) is 28.7 Å². The van der Waals surface area contributed by atoms with Gasteiger partial charge in [0.2, 0.25) is 0 Å². The second-order valence-corrected chi connectivity index (χ2v) is 16.2. The van der Waals surface area contributed by atoms with Crippen molar-refractivity contribution in [2.24, 2.45) is 0 Å². The van der Waals surface area contributed by atoms with Crippen LogP contribution < -0.4 is 15.3 Å². The molecule has 60 heavy (non-hydrogen) atoms. The Balaban J connectivity index is 1.42. The molecule has 0 aliphatic carbocycles. The van der Waals surface area contributed by atoms with Crippen LogP contribution in [-0.4, -0.2) is 68.7 Å². The van der Waals surface area contributed by atoms with Gasteiger partial charge in [0.25, 0.3) is 0 Å². The number of nitrogens with zero attached hydrogens (tertiary/aromatic N) is 4. The summed E-state index contributed by atoms with van der Waals surface area (Å²) in [5, 5.41) is 2.57. The number of esters is 1. The normalized spacial score (nSPS) is 19.1. The second kappa shape index (κ2) is 21.4. The van der Waals surface area contributed by atoms with Crippen molar-refractivity contribution in [3.8, 4) is 18.1 Å². The summed E-state index contributed by atoms with van der Waals surface area (Å²) in [5.74, 6) is -0.504. The predicted molar refractivity (Wildman–Crippen MR) is 214 cm³/mol. The summed E-state index contributed by atoms with van der Waals surface area (Å²) < 4.78 is 93.8. The summed E-state index contributed by atoms with van der Waals surface area (Å²) in [6.45, 7) is 4.57. The summed E-state index contributed by atoms with van der Waals surface area (Å²) in [6.07, 6.45) is 9.58. The molecule has 2 aromatic carbocycles. The molecule has 0 amide bonds. The van der Waals surface area contributed by atoms with Crippen molar-refractivity contribution in [1.29, 1.82) is 0 Å². The number of para-hydroxylation sites is 1. The SMILES string of the molecule is C#C[C@]1(CO[P@@](=O)(N[C@@H](Cc2cc(F)cc(F)c2)C(=O)OC(C)C)Oc2ccccc2)O[C@@H](n2cnc3c(N)nc(F)nc32)C[C@@H]1OC(=O)OCCCCCCCCCC. The zero-order valence-electron chi connectivity index (χ0n) is 33.7. The van der Waals surface area contributed by atoms with Crippen LogP contribution in [0.15, 0.2) is 54.9 Å². The third-order valence-electron chi connectivity index (χ3n) is 9.44. The van der Waals surface area contributed by atoms with E-state index < -0.39 is 80.7 Å². The van der Waals surface area contributed by atoms with E-state index in [1.54, 1.807) is 32.0 Å². The van der Waals surface area contributed by atoms with Crippen LogP contribution in [0, 0.1) is 30.1 Å². The standard InChI is InChI=1S/C41H50F3N6O9P/c1-5-7-8-9-10-11-12-16-19-54-40(52)57-33-24-34(50-26-46-35-36(45)47-39(44)48-37(35)50)58-41(33,6-2)25-55-60(53,59-31-17-14-13-15-18-31)49-32(38(51)56-27(3)4)22-28-20-29(42)23-30(43)21-28/h2,13-15,17-18,20-21,23,26-27,32-34H,5,7-12,16,19,22,24-25H2,1,3-4H3,(H,49,53)(H2,45,47,48)/t32-,33-,34+,41+,60-/m0/s1. The lowest BCUT2D eigenvalue weighted by atomic mass is 9.99. The summed E-state index contributed by atoms with van der Waals surface area (Å²) in [5.41, 5.74) is 3.85. The maximum Gasteiger partial charge on any atom is 0.508 e. The molecule has 1 saturated heterocycles. The topological polar surface area (TPSA) is 188 Å². The Labute approximate surface area is 346 Å². The van der Waals surface area contributed by atoms with E-state index in [9.17, 15) is 27.3 Å². The number of nitrogens with two attached hydrogens (primary N) is 1. The number of nitrogens with one attached hydrogen (secondary N) is 1. The number of fused-ring (bicyclic) bond motifs is 1. The molecule has 5 rings (SSSR count). The molecule has 5 atom stereocenters. The molecule has 15 nitrogen and oxygen atoms in total. The van der Waals surface area contributed by atoms with E-state index in [-0.39, 0.29) is 41.3 Å². The fourth-order valence-electron chi connectivity index (χ4n) is 6.56. The Bertz CT molecular complexity index is 2140. The number of benzene rings is 2. The quantitative estimate of drug-likeness (QED) is 0.0253. The Hall–Kier alpha value is -5.21. The number of nitrogen functional groups attached to an aromatic ring is 1. The average Bonchev–Trinajstić information content (AvgIpc) is 3.77. The number of ether oxygens (including phenoxy) is 4. The molecule has 4 aromatic rings. The van der Waals surface area contributed by atoms with Crippen molar-refractivity contribution in [1.82, 2.24) is 24.6 Å². The molecule has 1 aliphatic heterocycles. The maximum atomic E-state index is 14.9. The van der Waals surface area contributed by atoms with E-state index in [2.05, 4.69) is 32.9 Å². The van der Waals surface area contributed by atoms with Crippen LogP contribution in [0.5, 0.6) is 5.75 Å². The minimum atomic E-state index is -4.79. The lowest BCUT2D eigenvalue weighted by Gasteiger charge is -2.31. The molecule has 0 bridgehead atoms. The van der Waals surface area contributed by atoms with Crippen LogP contribution in [0.3, 0.4) is 0 Å². The summed E-state index contributed by atoms with van der Waals surface area (Å²) in [7, 11) is -4.79. The molecular formula is C41H50F3N6O9P. The highest BCUT2D eigenvalue weighted by Gasteiger charge is 2.53. The van der Waals surface area contributed by atoms with Crippen LogP contribution in [-0.2, 0) is 39.3 Å². The molecule has 324 valence electrons. The minimum Gasteiger partial charge on any atom is -0.462 e. The van der Waals surface area contributed by atoms with Crippen molar-refractivity contribution < 1.29 is 55.3 Å². The number of aromatic nitrogens is 4. The Kier molecular flexibility index (Phi) is 16.3. The van der Waals surface area contributed by atoms with Gasteiger partial charge in [0.1, 0.15) is 36.3 Å². The lowest BCUT2D eigenvalue weighted by Crippen LogP contribution is -2.46. The Morgan fingerprint density at radius 2 is 1.73 bits per heavy atom. The number of halogens is 3. The Morgan fingerprint density at radius 1 is 1.05 bits per heavy atom. The highest BCUT2D eigenvalue weighted by molar-refractivity contribution is 7.52. The van der Waals surface area contributed by atoms with Crippen LogP contribution >= 0.6 is 7.75 Å². The molecule has 1 fully saturated rings. The van der Waals surface area contributed by atoms with Gasteiger partial charge in [-0.15, -0.1) is 6.42 Å². The van der Waals surface area contributed by atoms with Crippen molar-refractivity contribution in [2.45, 2.75) is 115 Å². The number of carbonyl (C=O) groups is 2. The molecule has 0 saturated carbocycles. The van der Waals surface area contributed by atoms with Gasteiger partial charge < -0.3 is 29.2 Å². The zero-order chi connectivity index (χ0) is 43.3. The number of unbranched alkanes of at least 4 members (excludes halogenated alkanes) is 7. The molecule has 1 aliphatic rings. The predicted octanol–water partition coefficient (Wildman–Crippen LogP) is 8.14. The number of imidazole rings is 1. The van der Waals surface area contributed by atoms with Gasteiger partial charge in [-0.3, -0.25) is 13.9 Å². The van der Waals surface area contributed by atoms with Crippen LogP contribution in [0.1, 0.15) is 90.3 Å². The lowest BCUT2D eigenvalue weighted by molar-refractivity contribution is -0.149. The number of hydrogen-bond acceptors (Lipinski definition) is 13.